The van der Waals surface area contributed by atoms with Crippen molar-refractivity contribution in [2.24, 2.45) is 0 Å². The Morgan fingerprint density at radius 1 is 1.23 bits per heavy atom. The van der Waals surface area contributed by atoms with Crippen molar-refractivity contribution in [1.29, 1.82) is 0 Å². The standard InChI is InChI=1S/C9H5Br3S/c10-4-6-8(12)3-7(11)5-1-2-13-9(5)6/h1-3H,4H2. The van der Waals surface area contributed by atoms with Gasteiger partial charge < -0.3 is 0 Å². The molecule has 0 N–H and O–H groups in total. The third-order valence-corrected chi connectivity index (χ3v) is 4.77. The highest BCUT2D eigenvalue weighted by Crippen LogP contribution is 2.37. The van der Waals surface area contributed by atoms with Crippen LogP contribution >= 0.6 is 59.1 Å². The van der Waals surface area contributed by atoms with Crippen molar-refractivity contribution in [3.63, 3.8) is 0 Å². The molecule has 0 nitrogen and oxygen atoms in total. The van der Waals surface area contributed by atoms with Crippen molar-refractivity contribution in [1.82, 2.24) is 0 Å². The van der Waals surface area contributed by atoms with Gasteiger partial charge in [-0.15, -0.1) is 11.3 Å². The van der Waals surface area contributed by atoms with Gasteiger partial charge in [0, 0.05) is 24.4 Å². The van der Waals surface area contributed by atoms with Crippen LogP contribution in [0.1, 0.15) is 5.56 Å². The molecule has 68 valence electrons. The maximum absolute atomic E-state index is 3.56. The van der Waals surface area contributed by atoms with Crippen LogP contribution in [0.4, 0.5) is 0 Å². The zero-order chi connectivity index (χ0) is 9.42. The van der Waals surface area contributed by atoms with Crippen molar-refractivity contribution >= 4 is 69.2 Å². The molecular weight excluding hydrogens is 380 g/mol. The van der Waals surface area contributed by atoms with Crippen LogP contribution in [0.5, 0.6) is 0 Å². The number of hydrogen-bond acceptors (Lipinski definition) is 1. The van der Waals surface area contributed by atoms with Gasteiger partial charge in [-0.1, -0.05) is 47.8 Å². The molecule has 0 fully saturated rings. The monoisotopic (exact) mass is 382 g/mol. The van der Waals surface area contributed by atoms with E-state index in [-0.39, 0.29) is 0 Å². The molecule has 0 aliphatic carbocycles. The van der Waals surface area contributed by atoms with Gasteiger partial charge in [0.2, 0.25) is 0 Å². The first-order valence-corrected chi connectivity index (χ1v) is 7.23. The van der Waals surface area contributed by atoms with Crippen molar-refractivity contribution in [3.8, 4) is 0 Å². The number of halogens is 3. The molecule has 4 heteroatoms. The van der Waals surface area contributed by atoms with E-state index in [2.05, 4.69) is 65.3 Å². The number of benzene rings is 1. The molecule has 0 bridgehead atoms. The third kappa shape index (κ3) is 1.74. The summed E-state index contributed by atoms with van der Waals surface area (Å²) in [5.74, 6) is 0. The molecule has 0 spiro atoms. The largest absolute Gasteiger partial charge is 0.143 e. The van der Waals surface area contributed by atoms with E-state index in [1.807, 2.05) is 0 Å². The van der Waals surface area contributed by atoms with Crippen LogP contribution in [0.15, 0.2) is 26.5 Å². The Labute approximate surface area is 106 Å². The molecule has 2 rings (SSSR count). The zero-order valence-electron chi connectivity index (χ0n) is 6.48. The van der Waals surface area contributed by atoms with Crippen molar-refractivity contribution in [3.05, 3.63) is 32.0 Å². The van der Waals surface area contributed by atoms with Crippen LogP contribution in [-0.2, 0) is 5.33 Å². The minimum atomic E-state index is 0.887. The maximum Gasteiger partial charge on any atom is 0.0405 e. The van der Waals surface area contributed by atoms with Gasteiger partial charge in [0.15, 0.2) is 0 Å². The summed E-state index contributed by atoms with van der Waals surface area (Å²) < 4.78 is 3.66. The fourth-order valence-corrected chi connectivity index (χ4v) is 5.05. The van der Waals surface area contributed by atoms with Crippen LogP contribution in [0.3, 0.4) is 0 Å². The fraction of sp³-hybridized carbons (Fsp3) is 0.111. The normalized spacial score (nSPS) is 11.0. The molecule has 0 saturated heterocycles. The topological polar surface area (TPSA) is 0 Å². The molecule has 0 unspecified atom stereocenters. The first-order valence-electron chi connectivity index (χ1n) is 3.64. The average molecular weight is 385 g/mol. The van der Waals surface area contributed by atoms with Crippen LogP contribution in [0, 0.1) is 0 Å². The molecule has 1 aromatic heterocycles. The smallest absolute Gasteiger partial charge is 0.0405 e. The lowest BCUT2D eigenvalue weighted by atomic mass is 10.2. The average Bonchev–Trinajstić information content (AvgIpc) is 2.53. The highest BCUT2D eigenvalue weighted by molar-refractivity contribution is 9.11. The predicted octanol–water partition coefficient (Wildman–Crippen LogP) is 5.32. The van der Waals surface area contributed by atoms with E-state index in [1.165, 1.54) is 15.6 Å². The molecule has 13 heavy (non-hydrogen) atoms. The molecule has 2 aromatic rings. The van der Waals surface area contributed by atoms with Gasteiger partial charge >= 0.3 is 0 Å². The summed E-state index contributed by atoms with van der Waals surface area (Å²) in [4.78, 5) is 0. The summed E-state index contributed by atoms with van der Waals surface area (Å²) in [5, 5.41) is 4.30. The van der Waals surface area contributed by atoms with Gasteiger partial charge in [-0.05, 0) is 23.1 Å². The minimum Gasteiger partial charge on any atom is -0.143 e. The van der Waals surface area contributed by atoms with E-state index in [4.69, 9.17) is 0 Å². The maximum atomic E-state index is 3.56. The van der Waals surface area contributed by atoms with E-state index < -0.39 is 0 Å². The number of thiophene rings is 1. The Morgan fingerprint density at radius 2 is 2.00 bits per heavy atom. The lowest BCUT2D eigenvalue weighted by molar-refractivity contribution is 1.46. The molecule has 0 aliphatic rings. The second-order valence-corrected chi connectivity index (χ2v) is 5.80. The zero-order valence-corrected chi connectivity index (χ0v) is 12.1. The molecule has 1 aromatic carbocycles. The third-order valence-electron chi connectivity index (χ3n) is 1.87. The lowest BCUT2D eigenvalue weighted by Crippen LogP contribution is -1.81. The van der Waals surface area contributed by atoms with Gasteiger partial charge in [-0.2, -0.15) is 0 Å². The number of fused-ring (bicyclic) bond motifs is 1. The van der Waals surface area contributed by atoms with Gasteiger partial charge in [-0.3, -0.25) is 0 Å². The Kier molecular flexibility index (Phi) is 3.13. The van der Waals surface area contributed by atoms with Crippen LogP contribution in [-0.4, -0.2) is 0 Å². The van der Waals surface area contributed by atoms with Gasteiger partial charge in [-0.25, -0.2) is 0 Å². The minimum absolute atomic E-state index is 0.887. The SMILES string of the molecule is BrCc1c(Br)cc(Br)c2ccsc12. The van der Waals surface area contributed by atoms with Crippen molar-refractivity contribution in [2.75, 3.05) is 0 Å². The van der Waals surface area contributed by atoms with Crippen molar-refractivity contribution < 1.29 is 0 Å². The Hall–Kier alpha value is 0.620. The van der Waals surface area contributed by atoms with E-state index >= 15 is 0 Å². The molecule has 0 saturated carbocycles. The van der Waals surface area contributed by atoms with Crippen molar-refractivity contribution in [2.45, 2.75) is 5.33 Å². The van der Waals surface area contributed by atoms with Crippen LogP contribution in [0.25, 0.3) is 10.1 Å². The fourth-order valence-electron chi connectivity index (χ4n) is 1.24. The van der Waals surface area contributed by atoms with Gasteiger partial charge in [0.05, 0.1) is 0 Å². The summed E-state index contributed by atoms with van der Waals surface area (Å²) in [6.45, 7) is 0. The Bertz CT molecular complexity index is 447. The van der Waals surface area contributed by atoms with E-state index in [1.54, 1.807) is 11.3 Å². The number of rotatable bonds is 1. The molecule has 1 heterocycles. The summed E-state index contributed by atoms with van der Waals surface area (Å²) in [5.41, 5.74) is 1.33. The highest BCUT2D eigenvalue weighted by Gasteiger charge is 2.08. The first-order chi connectivity index (χ1) is 6.24. The second-order valence-electron chi connectivity index (χ2n) is 2.62. The first kappa shape index (κ1) is 10.1. The van der Waals surface area contributed by atoms with E-state index in [0.717, 1.165) is 14.3 Å². The highest BCUT2D eigenvalue weighted by atomic mass is 79.9. The van der Waals surface area contributed by atoms with Gasteiger partial charge in [0.25, 0.3) is 0 Å². The molecule has 0 amide bonds. The summed E-state index contributed by atoms with van der Waals surface area (Å²) >= 11 is 12.4. The number of hydrogen-bond donors (Lipinski definition) is 0. The number of alkyl halides is 1. The second kappa shape index (κ2) is 4.01. The molecular formula is C9H5Br3S. The quantitative estimate of drug-likeness (QED) is 0.583. The Balaban J connectivity index is 2.88. The van der Waals surface area contributed by atoms with E-state index in [9.17, 15) is 0 Å². The summed E-state index contributed by atoms with van der Waals surface area (Å²) in [6.07, 6.45) is 0. The molecule has 0 atom stereocenters. The van der Waals surface area contributed by atoms with Crippen LogP contribution in [0.2, 0.25) is 0 Å². The summed E-state index contributed by atoms with van der Waals surface area (Å²) in [7, 11) is 0. The lowest BCUT2D eigenvalue weighted by Gasteiger charge is -2.03. The Morgan fingerprint density at radius 3 is 2.69 bits per heavy atom. The van der Waals surface area contributed by atoms with Gasteiger partial charge in [0.1, 0.15) is 0 Å². The van der Waals surface area contributed by atoms with E-state index in [0.29, 0.717) is 0 Å². The molecule has 0 radical (unpaired) electrons. The van der Waals surface area contributed by atoms with Crippen LogP contribution < -0.4 is 0 Å². The summed E-state index contributed by atoms with van der Waals surface area (Å²) in [6, 6.07) is 4.24. The predicted molar refractivity (Wildman–Crippen MR) is 69.9 cm³/mol. The molecule has 0 aliphatic heterocycles.